The standard InChI is InChI=1S/C21H17FINO2/c22-16-10-11-19(23)18(14-16)21(25)24-12-13-26-20-9-5-4-8-17(20)15-6-2-1-3-7-15/h1-11,14H,12-13H2,(H,24,25). The van der Waals surface area contributed by atoms with E-state index in [0.717, 1.165) is 16.9 Å². The van der Waals surface area contributed by atoms with E-state index in [0.29, 0.717) is 22.3 Å². The van der Waals surface area contributed by atoms with Gasteiger partial charge in [-0.15, -0.1) is 0 Å². The third-order valence-corrected chi connectivity index (χ3v) is 4.73. The highest BCUT2D eigenvalue weighted by atomic mass is 127. The smallest absolute Gasteiger partial charge is 0.252 e. The van der Waals surface area contributed by atoms with Crippen molar-refractivity contribution in [2.75, 3.05) is 13.2 Å². The number of halogens is 2. The van der Waals surface area contributed by atoms with Crippen LogP contribution in [0.5, 0.6) is 5.75 Å². The first kappa shape index (κ1) is 18.4. The van der Waals surface area contributed by atoms with Crippen LogP contribution in [0, 0.1) is 9.39 Å². The van der Waals surface area contributed by atoms with Crippen LogP contribution < -0.4 is 10.1 Å². The second-order valence-electron chi connectivity index (χ2n) is 5.59. The lowest BCUT2D eigenvalue weighted by molar-refractivity contribution is 0.0945. The Labute approximate surface area is 165 Å². The van der Waals surface area contributed by atoms with Crippen molar-refractivity contribution < 1.29 is 13.9 Å². The monoisotopic (exact) mass is 461 g/mol. The zero-order valence-electron chi connectivity index (χ0n) is 13.9. The summed E-state index contributed by atoms with van der Waals surface area (Å²) in [6.07, 6.45) is 0. The molecular weight excluding hydrogens is 444 g/mol. The topological polar surface area (TPSA) is 38.3 Å². The lowest BCUT2D eigenvalue weighted by Crippen LogP contribution is -2.28. The number of para-hydroxylation sites is 1. The fourth-order valence-corrected chi connectivity index (χ4v) is 3.12. The maximum atomic E-state index is 13.3. The number of hydrogen-bond donors (Lipinski definition) is 1. The van der Waals surface area contributed by atoms with Crippen molar-refractivity contribution in [3.63, 3.8) is 0 Å². The van der Waals surface area contributed by atoms with Crippen LogP contribution in [0.15, 0.2) is 72.8 Å². The highest BCUT2D eigenvalue weighted by molar-refractivity contribution is 14.1. The summed E-state index contributed by atoms with van der Waals surface area (Å²) in [5.41, 5.74) is 2.40. The Bertz CT molecular complexity index is 900. The molecule has 0 saturated heterocycles. The van der Waals surface area contributed by atoms with Gasteiger partial charge in [-0.2, -0.15) is 0 Å². The summed E-state index contributed by atoms with van der Waals surface area (Å²) in [4.78, 5) is 12.2. The van der Waals surface area contributed by atoms with E-state index in [4.69, 9.17) is 4.74 Å². The van der Waals surface area contributed by atoms with Crippen LogP contribution in [-0.4, -0.2) is 19.1 Å². The van der Waals surface area contributed by atoms with Gasteiger partial charge in [0, 0.05) is 9.13 Å². The summed E-state index contributed by atoms with van der Waals surface area (Å²) in [5, 5.41) is 2.76. The van der Waals surface area contributed by atoms with Crippen molar-refractivity contribution in [1.29, 1.82) is 0 Å². The minimum atomic E-state index is -0.427. The molecule has 3 rings (SSSR count). The molecule has 1 N–H and O–H groups in total. The highest BCUT2D eigenvalue weighted by Gasteiger charge is 2.11. The maximum absolute atomic E-state index is 13.3. The first-order valence-corrected chi connectivity index (χ1v) is 9.23. The SMILES string of the molecule is O=C(NCCOc1ccccc1-c1ccccc1)c1cc(F)ccc1I. The van der Waals surface area contributed by atoms with Crippen molar-refractivity contribution in [1.82, 2.24) is 5.32 Å². The molecule has 0 aromatic heterocycles. The van der Waals surface area contributed by atoms with Crippen LogP contribution in [0.1, 0.15) is 10.4 Å². The van der Waals surface area contributed by atoms with Crippen molar-refractivity contribution in [2.24, 2.45) is 0 Å². The molecule has 3 nitrogen and oxygen atoms in total. The molecule has 0 spiro atoms. The molecule has 0 radical (unpaired) electrons. The zero-order valence-corrected chi connectivity index (χ0v) is 16.1. The van der Waals surface area contributed by atoms with Gasteiger partial charge >= 0.3 is 0 Å². The largest absolute Gasteiger partial charge is 0.491 e. The number of carbonyl (C=O) groups is 1. The van der Waals surface area contributed by atoms with E-state index in [9.17, 15) is 9.18 Å². The molecule has 0 saturated carbocycles. The molecule has 3 aromatic carbocycles. The lowest BCUT2D eigenvalue weighted by Gasteiger charge is -2.12. The normalized spacial score (nSPS) is 10.4. The predicted octanol–water partition coefficient (Wildman–Crippen LogP) is 4.91. The quantitative estimate of drug-likeness (QED) is 0.419. The van der Waals surface area contributed by atoms with Gasteiger partial charge in [0.1, 0.15) is 18.2 Å². The Hall–Kier alpha value is -2.41. The van der Waals surface area contributed by atoms with Gasteiger partial charge < -0.3 is 10.1 Å². The van der Waals surface area contributed by atoms with Gasteiger partial charge in [0.15, 0.2) is 0 Å². The van der Waals surface area contributed by atoms with Gasteiger partial charge in [-0.1, -0.05) is 48.5 Å². The summed E-state index contributed by atoms with van der Waals surface area (Å²) in [5.74, 6) is 0.0192. The summed E-state index contributed by atoms with van der Waals surface area (Å²) < 4.78 is 19.9. The van der Waals surface area contributed by atoms with Crippen molar-refractivity contribution in [2.45, 2.75) is 0 Å². The molecule has 0 bridgehead atoms. The fraction of sp³-hybridized carbons (Fsp3) is 0.0952. The van der Waals surface area contributed by atoms with E-state index < -0.39 is 5.82 Å². The number of nitrogens with one attached hydrogen (secondary N) is 1. The summed E-state index contributed by atoms with van der Waals surface area (Å²) in [6, 6.07) is 21.9. The van der Waals surface area contributed by atoms with Gasteiger partial charge in [0.05, 0.1) is 12.1 Å². The van der Waals surface area contributed by atoms with Gasteiger partial charge in [0.2, 0.25) is 0 Å². The van der Waals surface area contributed by atoms with Crippen LogP contribution >= 0.6 is 22.6 Å². The van der Waals surface area contributed by atoms with E-state index in [1.165, 1.54) is 12.1 Å². The molecule has 0 aliphatic rings. The summed E-state index contributed by atoms with van der Waals surface area (Å²) >= 11 is 2.01. The van der Waals surface area contributed by atoms with E-state index in [1.807, 2.05) is 77.2 Å². The van der Waals surface area contributed by atoms with Crippen LogP contribution in [0.25, 0.3) is 11.1 Å². The molecule has 132 valence electrons. The molecule has 1 amide bonds. The number of benzene rings is 3. The Morgan fingerprint density at radius 2 is 1.73 bits per heavy atom. The molecule has 0 aliphatic carbocycles. The molecule has 0 unspecified atom stereocenters. The second-order valence-corrected chi connectivity index (χ2v) is 6.75. The average molecular weight is 461 g/mol. The minimum Gasteiger partial charge on any atom is -0.491 e. The minimum absolute atomic E-state index is 0.311. The number of carbonyl (C=O) groups excluding carboxylic acids is 1. The summed E-state index contributed by atoms with van der Waals surface area (Å²) in [6.45, 7) is 0.649. The molecule has 3 aromatic rings. The maximum Gasteiger partial charge on any atom is 0.252 e. The van der Waals surface area contributed by atoms with Crippen LogP contribution in [0.3, 0.4) is 0 Å². The zero-order chi connectivity index (χ0) is 18.4. The molecule has 0 fully saturated rings. The summed E-state index contributed by atoms with van der Waals surface area (Å²) in [7, 11) is 0. The van der Waals surface area contributed by atoms with Crippen LogP contribution in [0.4, 0.5) is 4.39 Å². The van der Waals surface area contributed by atoms with E-state index >= 15 is 0 Å². The number of ether oxygens (including phenoxy) is 1. The second kappa shape index (κ2) is 8.80. The third kappa shape index (κ3) is 4.60. The van der Waals surface area contributed by atoms with Crippen LogP contribution in [0.2, 0.25) is 0 Å². The number of hydrogen-bond acceptors (Lipinski definition) is 2. The molecular formula is C21H17FINO2. The van der Waals surface area contributed by atoms with E-state index in [1.54, 1.807) is 6.07 Å². The number of amides is 1. The third-order valence-electron chi connectivity index (χ3n) is 3.79. The first-order valence-electron chi connectivity index (χ1n) is 8.15. The molecule has 0 atom stereocenters. The Balaban J connectivity index is 1.59. The molecule has 0 aliphatic heterocycles. The average Bonchev–Trinajstić information content (AvgIpc) is 2.68. The molecule has 5 heteroatoms. The molecule has 0 heterocycles. The van der Waals surface area contributed by atoms with Crippen molar-refractivity contribution >= 4 is 28.5 Å². The van der Waals surface area contributed by atoms with Crippen LogP contribution in [-0.2, 0) is 0 Å². The van der Waals surface area contributed by atoms with Crippen molar-refractivity contribution in [3.8, 4) is 16.9 Å². The molecule has 26 heavy (non-hydrogen) atoms. The van der Waals surface area contributed by atoms with Gasteiger partial charge in [0.25, 0.3) is 5.91 Å². The fourth-order valence-electron chi connectivity index (χ4n) is 2.54. The van der Waals surface area contributed by atoms with Gasteiger partial charge in [-0.3, -0.25) is 4.79 Å². The van der Waals surface area contributed by atoms with Gasteiger partial charge in [-0.25, -0.2) is 4.39 Å². The van der Waals surface area contributed by atoms with Gasteiger partial charge in [-0.05, 0) is 52.4 Å². The highest BCUT2D eigenvalue weighted by Crippen LogP contribution is 2.29. The van der Waals surface area contributed by atoms with E-state index in [2.05, 4.69) is 5.32 Å². The van der Waals surface area contributed by atoms with E-state index in [-0.39, 0.29) is 5.91 Å². The Morgan fingerprint density at radius 1 is 1.00 bits per heavy atom. The Morgan fingerprint density at radius 3 is 2.54 bits per heavy atom. The predicted molar refractivity (Wildman–Crippen MR) is 109 cm³/mol. The lowest BCUT2D eigenvalue weighted by atomic mass is 10.1. The van der Waals surface area contributed by atoms with Crippen molar-refractivity contribution in [3.05, 3.63) is 87.7 Å². The Kier molecular flexibility index (Phi) is 6.22. The first-order chi connectivity index (χ1) is 12.6. The number of rotatable bonds is 6.